The molecule has 0 aliphatic heterocycles. The number of benzene rings is 2. The number of halogens is 1. The van der Waals surface area contributed by atoms with Gasteiger partial charge in [-0.3, -0.25) is 9.59 Å². The van der Waals surface area contributed by atoms with Gasteiger partial charge in [-0.2, -0.15) is 0 Å². The molecule has 0 radical (unpaired) electrons. The second kappa shape index (κ2) is 8.33. The summed E-state index contributed by atoms with van der Waals surface area (Å²) in [7, 11) is 1.31. The molecule has 5 heteroatoms. The van der Waals surface area contributed by atoms with Crippen molar-refractivity contribution in [1.82, 2.24) is 0 Å². The normalized spacial score (nSPS) is 14.9. The predicted octanol–water partition coefficient (Wildman–Crippen LogP) is 4.86. The molecular weight excluding hydrogens is 347 g/mol. The molecule has 1 aliphatic rings. The molecule has 1 aliphatic carbocycles. The van der Waals surface area contributed by atoms with Gasteiger partial charge in [-0.15, -0.1) is 0 Å². The Labute approximate surface area is 158 Å². The molecule has 1 saturated carbocycles. The summed E-state index contributed by atoms with van der Waals surface area (Å²) in [5.41, 5.74) is 1.54. The molecule has 2 aromatic rings. The van der Waals surface area contributed by atoms with Gasteiger partial charge in [-0.1, -0.05) is 30.7 Å². The number of hydrogen-bond donors (Lipinski definition) is 0. The molecule has 1 fully saturated rings. The van der Waals surface area contributed by atoms with Gasteiger partial charge < -0.3 is 9.47 Å². The molecule has 27 heavy (non-hydrogen) atoms. The van der Waals surface area contributed by atoms with Crippen LogP contribution in [0.15, 0.2) is 42.5 Å². The van der Waals surface area contributed by atoms with Crippen LogP contribution < -0.4 is 4.74 Å². The van der Waals surface area contributed by atoms with Gasteiger partial charge >= 0.3 is 11.9 Å². The number of esters is 2. The number of hydrogen-bond acceptors (Lipinski definition) is 4. The Hall–Kier alpha value is -2.69. The van der Waals surface area contributed by atoms with Crippen LogP contribution in [0.3, 0.4) is 0 Å². The first kappa shape index (κ1) is 19.1. The lowest BCUT2D eigenvalue weighted by atomic mass is 9.83. The number of ether oxygens (including phenoxy) is 2. The highest BCUT2D eigenvalue weighted by atomic mass is 19.1. The third-order valence-electron chi connectivity index (χ3n) is 5.10. The van der Waals surface area contributed by atoms with Crippen LogP contribution in [0.25, 0.3) is 11.1 Å². The van der Waals surface area contributed by atoms with E-state index in [1.807, 2.05) is 0 Å². The van der Waals surface area contributed by atoms with Crippen LogP contribution in [0.5, 0.6) is 5.75 Å². The summed E-state index contributed by atoms with van der Waals surface area (Å²) in [6.07, 6.45) is 3.77. The molecule has 0 bridgehead atoms. The molecule has 0 saturated heterocycles. The van der Waals surface area contributed by atoms with Crippen LogP contribution in [0, 0.1) is 11.7 Å². The molecule has 4 nitrogen and oxygen atoms in total. The lowest BCUT2D eigenvalue weighted by Gasteiger charge is -2.23. The van der Waals surface area contributed by atoms with E-state index in [9.17, 15) is 14.0 Å². The Morgan fingerprint density at radius 3 is 2.59 bits per heavy atom. The van der Waals surface area contributed by atoms with Gasteiger partial charge in [0.2, 0.25) is 0 Å². The van der Waals surface area contributed by atoms with Crippen LogP contribution in [-0.4, -0.2) is 19.0 Å². The standard InChI is InChI=1S/C22H23FO4/c1-14(22(25)26-2)16-9-10-19(20(23)13-16)17-7-4-8-18(12-17)27-21(24)11-15-5-3-6-15/h4,7-10,12-15H,3,5-6,11H2,1-2H3. The minimum Gasteiger partial charge on any atom is -0.469 e. The number of carbonyl (C=O) groups is 2. The topological polar surface area (TPSA) is 52.6 Å². The maximum absolute atomic E-state index is 14.6. The fourth-order valence-corrected chi connectivity index (χ4v) is 3.18. The molecule has 2 aromatic carbocycles. The highest BCUT2D eigenvalue weighted by Crippen LogP contribution is 2.31. The Morgan fingerprint density at radius 2 is 1.96 bits per heavy atom. The SMILES string of the molecule is COC(=O)C(C)c1ccc(-c2cccc(OC(=O)CC3CCC3)c2)c(F)c1. The van der Waals surface area contributed by atoms with Crippen LogP contribution in [0.4, 0.5) is 4.39 Å². The van der Waals surface area contributed by atoms with Crippen LogP contribution in [0.2, 0.25) is 0 Å². The summed E-state index contributed by atoms with van der Waals surface area (Å²) in [5, 5.41) is 0. The average Bonchev–Trinajstić information content (AvgIpc) is 2.63. The summed E-state index contributed by atoms with van der Waals surface area (Å²) in [6, 6.07) is 11.5. The smallest absolute Gasteiger partial charge is 0.312 e. The molecule has 0 amide bonds. The van der Waals surface area contributed by atoms with Crippen molar-refractivity contribution in [2.24, 2.45) is 5.92 Å². The number of methoxy groups -OCH3 is 1. The van der Waals surface area contributed by atoms with Crippen molar-refractivity contribution in [2.45, 2.75) is 38.5 Å². The van der Waals surface area contributed by atoms with Gasteiger partial charge in [-0.05, 0) is 55.0 Å². The maximum Gasteiger partial charge on any atom is 0.312 e. The zero-order valence-corrected chi connectivity index (χ0v) is 15.5. The minimum absolute atomic E-state index is 0.250. The molecule has 142 valence electrons. The molecule has 1 atom stereocenters. The van der Waals surface area contributed by atoms with Gasteiger partial charge in [-0.25, -0.2) is 4.39 Å². The maximum atomic E-state index is 14.6. The van der Waals surface area contributed by atoms with E-state index in [0.29, 0.717) is 34.8 Å². The van der Waals surface area contributed by atoms with Crippen molar-refractivity contribution in [3.8, 4) is 16.9 Å². The first-order valence-corrected chi connectivity index (χ1v) is 9.16. The molecular formula is C22H23FO4. The summed E-state index contributed by atoms with van der Waals surface area (Å²) in [5.74, 6) is -0.814. The van der Waals surface area contributed by atoms with E-state index >= 15 is 0 Å². The Balaban J connectivity index is 1.76. The van der Waals surface area contributed by atoms with Gasteiger partial charge in [0.1, 0.15) is 11.6 Å². The number of rotatable bonds is 6. The summed E-state index contributed by atoms with van der Waals surface area (Å²) in [4.78, 5) is 23.6. The van der Waals surface area contributed by atoms with E-state index in [2.05, 4.69) is 0 Å². The minimum atomic E-state index is -0.544. The van der Waals surface area contributed by atoms with Crippen molar-refractivity contribution >= 4 is 11.9 Å². The highest BCUT2D eigenvalue weighted by molar-refractivity contribution is 5.78. The van der Waals surface area contributed by atoms with Crippen molar-refractivity contribution in [3.63, 3.8) is 0 Å². The fourth-order valence-electron chi connectivity index (χ4n) is 3.18. The Kier molecular flexibility index (Phi) is 5.89. The summed E-state index contributed by atoms with van der Waals surface area (Å²) < 4.78 is 24.7. The van der Waals surface area contributed by atoms with Crippen LogP contribution in [0.1, 0.15) is 44.1 Å². The van der Waals surface area contributed by atoms with Crippen LogP contribution in [-0.2, 0) is 14.3 Å². The van der Waals surface area contributed by atoms with Crippen molar-refractivity contribution < 1.29 is 23.5 Å². The van der Waals surface area contributed by atoms with Gasteiger partial charge in [0.15, 0.2) is 0 Å². The predicted molar refractivity (Wildman–Crippen MR) is 99.9 cm³/mol. The van der Waals surface area contributed by atoms with Gasteiger partial charge in [0.05, 0.1) is 13.0 Å². The molecule has 1 unspecified atom stereocenters. The van der Waals surface area contributed by atoms with E-state index in [4.69, 9.17) is 9.47 Å². The molecule has 3 rings (SSSR count). The van der Waals surface area contributed by atoms with E-state index < -0.39 is 17.7 Å². The summed E-state index contributed by atoms with van der Waals surface area (Å²) >= 11 is 0. The van der Waals surface area contributed by atoms with E-state index in [-0.39, 0.29) is 5.97 Å². The zero-order chi connectivity index (χ0) is 19.4. The lowest BCUT2D eigenvalue weighted by Crippen LogP contribution is -2.19. The first-order valence-electron chi connectivity index (χ1n) is 9.16. The Morgan fingerprint density at radius 1 is 1.19 bits per heavy atom. The third kappa shape index (κ3) is 4.54. The third-order valence-corrected chi connectivity index (χ3v) is 5.10. The second-order valence-corrected chi connectivity index (χ2v) is 6.99. The van der Waals surface area contributed by atoms with Crippen molar-refractivity contribution in [3.05, 3.63) is 53.8 Å². The molecule has 0 N–H and O–H groups in total. The average molecular weight is 370 g/mol. The van der Waals surface area contributed by atoms with Crippen molar-refractivity contribution in [2.75, 3.05) is 7.11 Å². The second-order valence-electron chi connectivity index (χ2n) is 6.99. The largest absolute Gasteiger partial charge is 0.469 e. The van der Waals surface area contributed by atoms with Crippen molar-refractivity contribution in [1.29, 1.82) is 0 Å². The zero-order valence-electron chi connectivity index (χ0n) is 15.5. The first-order chi connectivity index (χ1) is 13.0. The van der Waals surface area contributed by atoms with Crippen LogP contribution >= 0.6 is 0 Å². The molecule has 0 spiro atoms. The lowest BCUT2D eigenvalue weighted by molar-refractivity contribution is -0.142. The summed E-state index contributed by atoms with van der Waals surface area (Å²) in [6.45, 7) is 1.67. The number of carbonyl (C=O) groups excluding carboxylic acids is 2. The van der Waals surface area contributed by atoms with E-state index in [1.165, 1.54) is 19.6 Å². The van der Waals surface area contributed by atoms with E-state index in [1.54, 1.807) is 43.3 Å². The van der Waals surface area contributed by atoms with Gasteiger partial charge in [0, 0.05) is 12.0 Å². The molecule has 0 heterocycles. The van der Waals surface area contributed by atoms with E-state index in [0.717, 1.165) is 12.8 Å². The fraction of sp³-hybridized carbons (Fsp3) is 0.364. The quantitative estimate of drug-likeness (QED) is 0.538. The monoisotopic (exact) mass is 370 g/mol. The van der Waals surface area contributed by atoms with Gasteiger partial charge in [0.25, 0.3) is 0 Å². The molecule has 0 aromatic heterocycles. The Bertz CT molecular complexity index is 842. The highest BCUT2D eigenvalue weighted by Gasteiger charge is 2.22.